The van der Waals surface area contributed by atoms with Gasteiger partial charge in [-0.3, -0.25) is 9.78 Å². The molecule has 0 fully saturated rings. The van der Waals surface area contributed by atoms with Gasteiger partial charge in [0.15, 0.2) is 0 Å². The molecule has 2 heterocycles. The van der Waals surface area contributed by atoms with Crippen molar-refractivity contribution in [2.45, 2.75) is 13.5 Å². The van der Waals surface area contributed by atoms with E-state index >= 15 is 0 Å². The molecule has 1 amide bonds. The normalized spacial score (nSPS) is 10.2. The summed E-state index contributed by atoms with van der Waals surface area (Å²) in [6, 6.07) is 3.78. The van der Waals surface area contributed by atoms with E-state index < -0.39 is 0 Å². The molecule has 0 saturated carbocycles. The summed E-state index contributed by atoms with van der Waals surface area (Å²) in [5.41, 5.74) is 2.04. The van der Waals surface area contributed by atoms with Crippen LogP contribution in [-0.4, -0.2) is 35.0 Å². The minimum Gasteiger partial charge on any atom is -0.362 e. The van der Waals surface area contributed by atoms with Crippen molar-refractivity contribution in [3.63, 3.8) is 0 Å². The van der Waals surface area contributed by atoms with Gasteiger partial charge in [-0.2, -0.15) is 0 Å². The molecule has 2 aromatic heterocycles. The second-order valence-electron chi connectivity index (χ2n) is 4.61. The predicted octanol–water partition coefficient (Wildman–Crippen LogP) is 1.18. The predicted molar refractivity (Wildman–Crippen MR) is 76.5 cm³/mol. The number of nitrogens with zero attached hydrogens (tertiary/aromatic N) is 4. The van der Waals surface area contributed by atoms with E-state index in [1.54, 1.807) is 12.4 Å². The number of carbonyl (C=O) groups excluding carboxylic acids is 1. The Morgan fingerprint density at radius 2 is 2.05 bits per heavy atom. The van der Waals surface area contributed by atoms with Gasteiger partial charge in [0.1, 0.15) is 11.5 Å². The molecule has 2 rings (SSSR count). The standard InChI is InChI=1S/C14H17N5O/c1-10-7-17-12(9-16-10)14(20)18-8-11-5-4-6-15-13(11)19(2)3/h4-7,9H,8H2,1-3H3,(H,18,20). The average molecular weight is 271 g/mol. The van der Waals surface area contributed by atoms with Crippen molar-refractivity contribution in [1.82, 2.24) is 20.3 Å². The van der Waals surface area contributed by atoms with Crippen LogP contribution in [-0.2, 0) is 6.54 Å². The lowest BCUT2D eigenvalue weighted by Gasteiger charge is -2.15. The zero-order valence-corrected chi connectivity index (χ0v) is 11.8. The quantitative estimate of drug-likeness (QED) is 0.904. The highest BCUT2D eigenvalue weighted by atomic mass is 16.1. The maximum atomic E-state index is 12.0. The van der Waals surface area contributed by atoms with Gasteiger partial charge in [0, 0.05) is 38.6 Å². The van der Waals surface area contributed by atoms with Gasteiger partial charge in [-0.05, 0) is 13.0 Å². The van der Waals surface area contributed by atoms with Gasteiger partial charge < -0.3 is 10.2 Å². The maximum Gasteiger partial charge on any atom is 0.271 e. The van der Waals surface area contributed by atoms with E-state index in [9.17, 15) is 4.79 Å². The van der Waals surface area contributed by atoms with Crippen molar-refractivity contribution < 1.29 is 4.79 Å². The second kappa shape index (κ2) is 6.10. The summed E-state index contributed by atoms with van der Waals surface area (Å²) >= 11 is 0. The van der Waals surface area contributed by atoms with Gasteiger partial charge in [0.25, 0.3) is 5.91 Å². The van der Waals surface area contributed by atoms with E-state index in [1.165, 1.54) is 6.20 Å². The summed E-state index contributed by atoms with van der Waals surface area (Å²) in [7, 11) is 3.83. The largest absolute Gasteiger partial charge is 0.362 e. The van der Waals surface area contributed by atoms with Gasteiger partial charge >= 0.3 is 0 Å². The van der Waals surface area contributed by atoms with Gasteiger partial charge in [0.05, 0.1) is 11.9 Å². The van der Waals surface area contributed by atoms with Gasteiger partial charge in [0.2, 0.25) is 0 Å². The lowest BCUT2D eigenvalue weighted by Crippen LogP contribution is -2.25. The van der Waals surface area contributed by atoms with Crippen molar-refractivity contribution >= 4 is 11.7 Å². The number of pyridine rings is 1. The van der Waals surface area contributed by atoms with Crippen molar-refractivity contribution in [2.24, 2.45) is 0 Å². The first-order valence-electron chi connectivity index (χ1n) is 6.26. The van der Waals surface area contributed by atoms with Gasteiger partial charge in [-0.15, -0.1) is 0 Å². The molecule has 6 nitrogen and oxygen atoms in total. The molecule has 1 N–H and O–H groups in total. The van der Waals surface area contributed by atoms with E-state index in [-0.39, 0.29) is 5.91 Å². The third kappa shape index (κ3) is 3.28. The molecule has 0 aliphatic heterocycles. The van der Waals surface area contributed by atoms with E-state index in [2.05, 4.69) is 20.3 Å². The molecule has 104 valence electrons. The number of rotatable bonds is 4. The maximum absolute atomic E-state index is 12.0. The topological polar surface area (TPSA) is 71.0 Å². The minimum atomic E-state index is -0.244. The van der Waals surface area contributed by atoms with Crippen LogP contribution in [0.2, 0.25) is 0 Å². The Bertz CT molecular complexity index is 595. The van der Waals surface area contributed by atoms with Crippen LogP contribution < -0.4 is 10.2 Å². The molecule has 0 aliphatic carbocycles. The van der Waals surface area contributed by atoms with Crippen LogP contribution in [0.3, 0.4) is 0 Å². The molecule has 0 aromatic carbocycles. The molecule has 0 unspecified atom stereocenters. The van der Waals surface area contributed by atoms with Crippen molar-refractivity contribution in [3.8, 4) is 0 Å². The number of carbonyl (C=O) groups is 1. The number of hydrogen-bond donors (Lipinski definition) is 1. The molecule has 0 saturated heterocycles. The Labute approximate surface area is 117 Å². The first-order valence-corrected chi connectivity index (χ1v) is 6.26. The van der Waals surface area contributed by atoms with E-state index in [0.717, 1.165) is 17.1 Å². The second-order valence-corrected chi connectivity index (χ2v) is 4.61. The van der Waals surface area contributed by atoms with Crippen LogP contribution in [0.25, 0.3) is 0 Å². The molecule has 0 radical (unpaired) electrons. The van der Waals surface area contributed by atoms with Crippen molar-refractivity contribution in [2.75, 3.05) is 19.0 Å². The third-order valence-corrected chi connectivity index (χ3v) is 2.74. The summed E-state index contributed by atoms with van der Waals surface area (Å²) < 4.78 is 0. The fourth-order valence-corrected chi connectivity index (χ4v) is 1.75. The monoisotopic (exact) mass is 271 g/mol. The molecule has 0 spiro atoms. The molecular formula is C14H17N5O. The van der Waals surface area contributed by atoms with E-state index in [4.69, 9.17) is 0 Å². The number of anilines is 1. The zero-order valence-electron chi connectivity index (χ0n) is 11.8. The smallest absolute Gasteiger partial charge is 0.271 e. The highest BCUT2D eigenvalue weighted by molar-refractivity contribution is 5.91. The molecule has 6 heteroatoms. The van der Waals surface area contributed by atoms with E-state index in [0.29, 0.717) is 12.2 Å². The number of aromatic nitrogens is 3. The van der Waals surface area contributed by atoms with Gasteiger partial charge in [-0.1, -0.05) is 6.07 Å². The van der Waals surface area contributed by atoms with Crippen LogP contribution in [0.4, 0.5) is 5.82 Å². The van der Waals surface area contributed by atoms with Crippen molar-refractivity contribution in [1.29, 1.82) is 0 Å². The van der Waals surface area contributed by atoms with Crippen LogP contribution in [0.5, 0.6) is 0 Å². The van der Waals surface area contributed by atoms with Crippen LogP contribution >= 0.6 is 0 Å². The molecule has 20 heavy (non-hydrogen) atoms. The molecule has 0 bridgehead atoms. The zero-order chi connectivity index (χ0) is 14.5. The molecule has 0 atom stereocenters. The molecule has 2 aromatic rings. The van der Waals surface area contributed by atoms with E-state index in [1.807, 2.05) is 38.1 Å². The van der Waals surface area contributed by atoms with Crippen LogP contribution in [0.1, 0.15) is 21.7 Å². The Kier molecular flexibility index (Phi) is 4.24. The summed E-state index contributed by atoms with van der Waals surface area (Å²) in [5, 5.41) is 2.82. The van der Waals surface area contributed by atoms with Crippen LogP contribution in [0, 0.1) is 6.92 Å². The first kappa shape index (κ1) is 13.9. The van der Waals surface area contributed by atoms with Gasteiger partial charge in [-0.25, -0.2) is 9.97 Å². The third-order valence-electron chi connectivity index (χ3n) is 2.74. The summed E-state index contributed by atoms with van der Waals surface area (Å²) in [4.78, 5) is 26.3. The molecule has 0 aliphatic rings. The SMILES string of the molecule is Cc1cnc(C(=O)NCc2cccnc2N(C)C)cn1. The summed E-state index contributed by atoms with van der Waals surface area (Å²) in [5.74, 6) is 0.592. The highest BCUT2D eigenvalue weighted by Gasteiger charge is 2.10. The number of amides is 1. The lowest BCUT2D eigenvalue weighted by molar-refractivity contribution is 0.0945. The minimum absolute atomic E-state index is 0.244. The Morgan fingerprint density at radius 3 is 2.70 bits per heavy atom. The Morgan fingerprint density at radius 1 is 1.25 bits per heavy atom. The fraction of sp³-hybridized carbons (Fsp3) is 0.286. The Hall–Kier alpha value is -2.50. The van der Waals surface area contributed by atoms with Crippen LogP contribution in [0.15, 0.2) is 30.7 Å². The number of nitrogens with one attached hydrogen (secondary N) is 1. The summed E-state index contributed by atoms with van der Waals surface area (Å²) in [6.07, 6.45) is 4.77. The van der Waals surface area contributed by atoms with Crippen molar-refractivity contribution in [3.05, 3.63) is 47.7 Å². The lowest BCUT2D eigenvalue weighted by atomic mass is 10.2. The number of aryl methyl sites for hydroxylation is 1. The fourth-order valence-electron chi connectivity index (χ4n) is 1.75. The number of hydrogen-bond acceptors (Lipinski definition) is 5. The highest BCUT2D eigenvalue weighted by Crippen LogP contribution is 2.13. The average Bonchev–Trinajstić information content (AvgIpc) is 2.45. The molecular weight excluding hydrogens is 254 g/mol. The first-order chi connectivity index (χ1) is 9.58. The summed E-state index contributed by atoms with van der Waals surface area (Å²) in [6.45, 7) is 2.23. The Balaban J connectivity index is 2.05.